The molecule has 1 aliphatic rings. The number of rotatable bonds is 2. The molecule has 17 heavy (non-hydrogen) atoms. The summed E-state index contributed by atoms with van der Waals surface area (Å²) in [5, 5.41) is 1.40. The highest BCUT2D eigenvalue weighted by atomic mass is 32.2. The van der Waals surface area contributed by atoms with Crippen molar-refractivity contribution in [2.24, 2.45) is 0 Å². The van der Waals surface area contributed by atoms with Crippen molar-refractivity contribution in [1.82, 2.24) is 5.06 Å². The number of benzene rings is 1. The molecule has 0 atom stereocenters. The van der Waals surface area contributed by atoms with E-state index >= 15 is 0 Å². The minimum absolute atomic E-state index is 0.0368. The lowest BCUT2D eigenvalue weighted by Gasteiger charge is -2.24. The Bertz CT molecular complexity index is 483. The standard InChI is InChI=1S/C11H13NO4S/c13-11(10-4-2-1-3-5-10)16-12-6-8-17(14,15)9-7-12/h1-5H,6-9H2. The van der Waals surface area contributed by atoms with Crippen LogP contribution in [0.4, 0.5) is 0 Å². The molecule has 0 bridgehead atoms. The first-order valence-corrected chi connectivity index (χ1v) is 7.12. The summed E-state index contributed by atoms with van der Waals surface area (Å²) in [6.07, 6.45) is 0. The number of sulfone groups is 1. The Hall–Kier alpha value is -1.40. The fourth-order valence-corrected chi connectivity index (χ4v) is 2.70. The van der Waals surface area contributed by atoms with Gasteiger partial charge in [-0.3, -0.25) is 0 Å². The second-order valence-corrected chi connectivity index (χ2v) is 6.13. The summed E-state index contributed by atoms with van der Waals surface area (Å²) in [4.78, 5) is 16.8. The molecule has 1 heterocycles. The molecule has 1 aliphatic heterocycles. The molecule has 0 spiro atoms. The van der Waals surface area contributed by atoms with Crippen molar-refractivity contribution in [3.63, 3.8) is 0 Å². The number of carbonyl (C=O) groups is 1. The lowest BCUT2D eigenvalue weighted by Crippen LogP contribution is -2.41. The highest BCUT2D eigenvalue weighted by molar-refractivity contribution is 7.91. The van der Waals surface area contributed by atoms with E-state index in [2.05, 4.69) is 0 Å². The second kappa shape index (κ2) is 4.85. The second-order valence-electron chi connectivity index (χ2n) is 3.83. The first-order chi connectivity index (χ1) is 8.07. The molecule has 0 saturated carbocycles. The zero-order valence-corrected chi connectivity index (χ0v) is 10.0. The van der Waals surface area contributed by atoms with Gasteiger partial charge in [0, 0.05) is 13.1 Å². The SMILES string of the molecule is O=C(ON1CCS(=O)(=O)CC1)c1ccccc1. The van der Waals surface area contributed by atoms with Gasteiger partial charge in [-0.1, -0.05) is 18.2 Å². The molecule has 1 aromatic carbocycles. The molecule has 92 valence electrons. The molecule has 0 N–H and O–H groups in total. The molecule has 2 rings (SSSR count). The first-order valence-electron chi connectivity index (χ1n) is 5.29. The largest absolute Gasteiger partial charge is 0.364 e. The smallest absolute Gasteiger partial charge is 0.357 e. The fourth-order valence-electron chi connectivity index (χ4n) is 1.53. The van der Waals surface area contributed by atoms with Gasteiger partial charge >= 0.3 is 5.97 Å². The van der Waals surface area contributed by atoms with E-state index in [1.165, 1.54) is 5.06 Å². The fraction of sp³-hybridized carbons (Fsp3) is 0.364. The van der Waals surface area contributed by atoms with E-state index in [0.717, 1.165) is 0 Å². The molecule has 6 heteroatoms. The summed E-state index contributed by atoms with van der Waals surface area (Å²) in [6, 6.07) is 8.62. The number of hydrogen-bond acceptors (Lipinski definition) is 5. The zero-order valence-electron chi connectivity index (χ0n) is 9.20. The predicted octanol–water partition coefficient (Wildman–Crippen LogP) is 0.489. The predicted molar refractivity (Wildman–Crippen MR) is 62.1 cm³/mol. The lowest BCUT2D eigenvalue weighted by atomic mass is 10.2. The molecule has 0 aliphatic carbocycles. The van der Waals surface area contributed by atoms with E-state index in [4.69, 9.17) is 4.84 Å². The Balaban J connectivity index is 1.93. The van der Waals surface area contributed by atoms with Crippen LogP contribution in [0.15, 0.2) is 30.3 Å². The number of nitrogens with zero attached hydrogens (tertiary/aromatic N) is 1. The van der Waals surface area contributed by atoms with Gasteiger partial charge in [0.2, 0.25) is 0 Å². The van der Waals surface area contributed by atoms with Gasteiger partial charge in [-0.05, 0) is 12.1 Å². The number of hydrogen-bond donors (Lipinski definition) is 0. The Labute approximate surface area is 99.9 Å². The Kier molecular flexibility index (Phi) is 3.44. The summed E-state index contributed by atoms with van der Waals surface area (Å²) in [7, 11) is -2.95. The van der Waals surface area contributed by atoms with Crippen LogP contribution in [0.2, 0.25) is 0 Å². The lowest BCUT2D eigenvalue weighted by molar-refractivity contribution is -0.104. The van der Waals surface area contributed by atoms with E-state index in [9.17, 15) is 13.2 Å². The minimum Gasteiger partial charge on any atom is -0.364 e. The van der Waals surface area contributed by atoms with Crippen LogP contribution in [-0.2, 0) is 14.7 Å². The topological polar surface area (TPSA) is 63.7 Å². The van der Waals surface area contributed by atoms with Crippen molar-refractivity contribution in [2.75, 3.05) is 24.6 Å². The van der Waals surface area contributed by atoms with Crippen LogP contribution in [0.5, 0.6) is 0 Å². The van der Waals surface area contributed by atoms with Crippen molar-refractivity contribution in [2.45, 2.75) is 0 Å². The normalized spacial score (nSPS) is 19.8. The molecule has 1 fully saturated rings. The van der Waals surface area contributed by atoms with Crippen molar-refractivity contribution in [3.8, 4) is 0 Å². The molecule has 1 saturated heterocycles. The molecule has 0 aromatic heterocycles. The third-order valence-electron chi connectivity index (χ3n) is 2.52. The number of carbonyl (C=O) groups excluding carboxylic acids is 1. The van der Waals surface area contributed by atoms with E-state index in [0.29, 0.717) is 5.56 Å². The van der Waals surface area contributed by atoms with Gasteiger partial charge < -0.3 is 4.84 Å². The van der Waals surface area contributed by atoms with E-state index < -0.39 is 15.8 Å². The van der Waals surface area contributed by atoms with Crippen molar-refractivity contribution in [1.29, 1.82) is 0 Å². The Morgan fingerprint density at radius 3 is 2.29 bits per heavy atom. The van der Waals surface area contributed by atoms with E-state index in [1.807, 2.05) is 6.07 Å². The van der Waals surface area contributed by atoms with Crippen LogP contribution in [0, 0.1) is 0 Å². The van der Waals surface area contributed by atoms with Crippen LogP contribution < -0.4 is 0 Å². The van der Waals surface area contributed by atoms with E-state index in [1.54, 1.807) is 24.3 Å². The molecule has 0 amide bonds. The minimum atomic E-state index is -2.95. The van der Waals surface area contributed by atoms with Crippen LogP contribution >= 0.6 is 0 Å². The molecule has 1 aromatic rings. The first kappa shape index (κ1) is 12.1. The van der Waals surface area contributed by atoms with Gasteiger partial charge in [0.15, 0.2) is 9.84 Å². The molecular weight excluding hydrogens is 242 g/mol. The monoisotopic (exact) mass is 255 g/mol. The van der Waals surface area contributed by atoms with Crippen LogP contribution in [0.1, 0.15) is 10.4 Å². The average Bonchev–Trinajstić information content (AvgIpc) is 2.33. The van der Waals surface area contributed by atoms with Gasteiger partial charge in [0.25, 0.3) is 0 Å². The summed E-state index contributed by atoms with van der Waals surface area (Å²) >= 11 is 0. The molecule has 0 unspecified atom stereocenters. The van der Waals surface area contributed by atoms with Gasteiger partial charge in [-0.2, -0.15) is 0 Å². The van der Waals surface area contributed by atoms with Gasteiger partial charge in [0.05, 0.1) is 17.1 Å². The maximum Gasteiger partial charge on any atom is 0.357 e. The van der Waals surface area contributed by atoms with Gasteiger partial charge in [-0.25, -0.2) is 13.2 Å². The zero-order chi connectivity index (χ0) is 12.3. The molecule has 5 nitrogen and oxygen atoms in total. The van der Waals surface area contributed by atoms with Gasteiger partial charge in [0.1, 0.15) is 0 Å². The summed E-state index contributed by atoms with van der Waals surface area (Å²) < 4.78 is 22.4. The summed E-state index contributed by atoms with van der Waals surface area (Å²) in [6.45, 7) is 0.474. The molecule has 0 radical (unpaired) electrons. The van der Waals surface area contributed by atoms with Crippen LogP contribution in [-0.4, -0.2) is 44.0 Å². The maximum absolute atomic E-state index is 11.7. The Morgan fingerprint density at radius 2 is 1.71 bits per heavy atom. The Morgan fingerprint density at radius 1 is 1.12 bits per heavy atom. The number of hydroxylamine groups is 2. The highest BCUT2D eigenvalue weighted by Gasteiger charge is 2.24. The van der Waals surface area contributed by atoms with E-state index in [-0.39, 0.29) is 24.6 Å². The third-order valence-corrected chi connectivity index (χ3v) is 4.13. The maximum atomic E-state index is 11.7. The molecular formula is C11H13NO4S. The van der Waals surface area contributed by atoms with Crippen LogP contribution in [0.25, 0.3) is 0 Å². The third kappa shape index (κ3) is 3.28. The van der Waals surface area contributed by atoms with Crippen molar-refractivity contribution < 1.29 is 18.0 Å². The summed E-state index contributed by atoms with van der Waals surface area (Å²) in [5.41, 5.74) is 0.459. The van der Waals surface area contributed by atoms with Crippen molar-refractivity contribution >= 4 is 15.8 Å². The highest BCUT2D eigenvalue weighted by Crippen LogP contribution is 2.07. The average molecular weight is 255 g/mol. The van der Waals surface area contributed by atoms with Crippen molar-refractivity contribution in [3.05, 3.63) is 35.9 Å². The summed E-state index contributed by atoms with van der Waals surface area (Å²) in [5.74, 6) is -0.380. The van der Waals surface area contributed by atoms with Crippen LogP contribution in [0.3, 0.4) is 0 Å². The van der Waals surface area contributed by atoms with Gasteiger partial charge in [-0.15, -0.1) is 5.06 Å². The quantitative estimate of drug-likeness (QED) is 0.769.